The van der Waals surface area contributed by atoms with E-state index in [2.05, 4.69) is 15.0 Å². The normalized spacial score (nSPS) is 23.5. The molecule has 2 aliphatic rings. The third kappa shape index (κ3) is 3.21. The Balaban J connectivity index is 1.75. The van der Waals surface area contributed by atoms with E-state index in [4.69, 9.17) is 4.42 Å². The summed E-state index contributed by atoms with van der Waals surface area (Å²) in [4.78, 5) is 14.0. The van der Waals surface area contributed by atoms with Crippen LogP contribution in [-0.4, -0.2) is 76.0 Å². The van der Waals surface area contributed by atoms with Gasteiger partial charge in [0.1, 0.15) is 11.3 Å². The second-order valence-electron chi connectivity index (χ2n) is 6.12. The molecular formula is C15H23N3O5S. The highest BCUT2D eigenvalue weighted by Crippen LogP contribution is 2.27. The van der Waals surface area contributed by atoms with Crippen molar-refractivity contribution in [2.75, 3.05) is 46.4 Å². The van der Waals surface area contributed by atoms with Crippen molar-refractivity contribution in [1.29, 1.82) is 0 Å². The number of esters is 1. The van der Waals surface area contributed by atoms with Crippen molar-refractivity contribution >= 4 is 16.0 Å². The standard InChI is InChI=1S/C15H23N3O5S/c1-11-13(15(19)22-2)9-14(23-11)24(20,21)18-6-3-12(10-18)17-7-4-16-5-8-17/h9,12,16H,3-8,10H2,1-2H3. The maximum Gasteiger partial charge on any atom is 0.341 e. The Bertz CT molecular complexity index is 709. The minimum atomic E-state index is -3.74. The molecule has 24 heavy (non-hydrogen) atoms. The summed E-state index contributed by atoms with van der Waals surface area (Å²) in [5, 5.41) is 3.11. The lowest BCUT2D eigenvalue weighted by Crippen LogP contribution is -2.49. The number of hydrogen-bond acceptors (Lipinski definition) is 7. The van der Waals surface area contributed by atoms with Crippen LogP contribution < -0.4 is 5.32 Å². The minimum absolute atomic E-state index is 0.147. The summed E-state index contributed by atoms with van der Waals surface area (Å²) in [6.45, 7) is 6.21. The molecule has 1 N–H and O–H groups in total. The van der Waals surface area contributed by atoms with Gasteiger partial charge >= 0.3 is 5.97 Å². The molecule has 8 nitrogen and oxygen atoms in total. The van der Waals surface area contributed by atoms with Gasteiger partial charge in [-0.15, -0.1) is 0 Å². The molecule has 9 heteroatoms. The van der Waals surface area contributed by atoms with Gasteiger partial charge in [-0.2, -0.15) is 4.31 Å². The number of carbonyl (C=O) groups excluding carboxylic acids is 1. The molecule has 2 saturated heterocycles. The number of rotatable bonds is 4. The molecule has 134 valence electrons. The fourth-order valence-corrected chi connectivity index (χ4v) is 4.76. The minimum Gasteiger partial charge on any atom is -0.465 e. The van der Waals surface area contributed by atoms with Crippen molar-refractivity contribution < 1.29 is 22.4 Å². The summed E-state index contributed by atoms with van der Waals surface area (Å²) >= 11 is 0. The Morgan fingerprint density at radius 1 is 1.33 bits per heavy atom. The van der Waals surface area contributed by atoms with Crippen LogP contribution >= 0.6 is 0 Å². The van der Waals surface area contributed by atoms with E-state index in [1.165, 1.54) is 17.5 Å². The number of carbonyl (C=O) groups is 1. The number of methoxy groups -OCH3 is 1. The molecule has 0 aliphatic carbocycles. The van der Waals surface area contributed by atoms with E-state index in [-0.39, 0.29) is 22.5 Å². The predicted octanol–water partition coefficient (Wildman–Crippen LogP) is 0.0428. The third-order valence-corrected chi connectivity index (χ3v) is 6.41. The van der Waals surface area contributed by atoms with Crippen molar-refractivity contribution in [3.8, 4) is 0 Å². The number of aryl methyl sites for hydroxylation is 1. The second kappa shape index (κ2) is 6.83. The van der Waals surface area contributed by atoms with Crippen LogP contribution in [0, 0.1) is 6.92 Å². The van der Waals surface area contributed by atoms with Gasteiger partial charge in [0.05, 0.1) is 7.11 Å². The van der Waals surface area contributed by atoms with Crippen LogP contribution in [0.3, 0.4) is 0 Å². The molecule has 0 saturated carbocycles. The van der Waals surface area contributed by atoms with Gasteiger partial charge < -0.3 is 14.5 Å². The van der Waals surface area contributed by atoms with Crippen LogP contribution in [0.4, 0.5) is 0 Å². The molecule has 2 fully saturated rings. The Labute approximate surface area is 141 Å². The molecule has 0 radical (unpaired) electrons. The van der Waals surface area contributed by atoms with Crippen LogP contribution in [0.2, 0.25) is 0 Å². The van der Waals surface area contributed by atoms with Crippen LogP contribution in [0.1, 0.15) is 22.5 Å². The highest BCUT2D eigenvalue weighted by atomic mass is 32.2. The average Bonchev–Trinajstić information content (AvgIpc) is 3.22. The number of nitrogens with one attached hydrogen (secondary N) is 1. The van der Waals surface area contributed by atoms with Crippen molar-refractivity contribution in [2.24, 2.45) is 0 Å². The predicted molar refractivity (Wildman–Crippen MR) is 86.4 cm³/mol. The quantitative estimate of drug-likeness (QED) is 0.761. The van der Waals surface area contributed by atoms with E-state index >= 15 is 0 Å². The molecule has 2 aliphatic heterocycles. The van der Waals surface area contributed by atoms with Gasteiger partial charge in [0.25, 0.3) is 10.0 Å². The van der Waals surface area contributed by atoms with E-state index in [0.717, 1.165) is 32.6 Å². The largest absolute Gasteiger partial charge is 0.465 e. The summed E-state index contributed by atoms with van der Waals surface area (Å²) in [5.74, 6) is -0.351. The Kier molecular flexibility index (Phi) is 4.95. The summed E-state index contributed by atoms with van der Waals surface area (Å²) in [6.07, 6.45) is 0.808. The van der Waals surface area contributed by atoms with Crippen molar-refractivity contribution in [1.82, 2.24) is 14.5 Å². The van der Waals surface area contributed by atoms with Gasteiger partial charge in [0.2, 0.25) is 5.09 Å². The molecule has 3 heterocycles. The van der Waals surface area contributed by atoms with Gasteiger partial charge in [-0.25, -0.2) is 13.2 Å². The van der Waals surface area contributed by atoms with Crippen molar-refractivity contribution in [3.63, 3.8) is 0 Å². The zero-order valence-corrected chi connectivity index (χ0v) is 14.8. The Morgan fingerprint density at radius 2 is 2.04 bits per heavy atom. The van der Waals surface area contributed by atoms with E-state index in [1.807, 2.05) is 0 Å². The van der Waals surface area contributed by atoms with E-state index in [9.17, 15) is 13.2 Å². The first kappa shape index (κ1) is 17.4. The molecular weight excluding hydrogens is 334 g/mol. The van der Waals surface area contributed by atoms with E-state index in [0.29, 0.717) is 13.1 Å². The zero-order chi connectivity index (χ0) is 17.3. The average molecular weight is 357 g/mol. The monoisotopic (exact) mass is 357 g/mol. The highest BCUT2D eigenvalue weighted by Gasteiger charge is 2.37. The number of hydrogen-bond donors (Lipinski definition) is 1. The second-order valence-corrected chi connectivity index (χ2v) is 7.99. The fourth-order valence-electron chi connectivity index (χ4n) is 3.30. The lowest BCUT2D eigenvalue weighted by molar-refractivity contribution is 0.0599. The first-order valence-electron chi connectivity index (χ1n) is 8.07. The lowest BCUT2D eigenvalue weighted by atomic mass is 10.2. The topological polar surface area (TPSA) is 92.1 Å². The van der Waals surface area contributed by atoms with E-state index in [1.54, 1.807) is 6.92 Å². The van der Waals surface area contributed by atoms with Crippen LogP contribution in [0.25, 0.3) is 0 Å². The van der Waals surface area contributed by atoms with Crippen LogP contribution in [0.5, 0.6) is 0 Å². The maximum atomic E-state index is 12.8. The zero-order valence-electron chi connectivity index (χ0n) is 13.9. The SMILES string of the molecule is COC(=O)c1cc(S(=O)(=O)N2CCC(N3CCNCC3)C2)oc1C. The first-order valence-corrected chi connectivity index (χ1v) is 9.51. The summed E-state index contributed by atoms with van der Waals surface area (Å²) in [7, 11) is -2.49. The van der Waals surface area contributed by atoms with Crippen molar-refractivity contribution in [3.05, 3.63) is 17.4 Å². The number of sulfonamides is 1. The molecule has 3 rings (SSSR count). The smallest absolute Gasteiger partial charge is 0.341 e. The first-order chi connectivity index (χ1) is 11.4. The maximum absolute atomic E-state index is 12.8. The van der Waals surface area contributed by atoms with Gasteiger partial charge in [0.15, 0.2) is 0 Å². The number of nitrogens with zero attached hydrogens (tertiary/aromatic N) is 2. The number of ether oxygens (including phenoxy) is 1. The molecule has 0 spiro atoms. The van der Waals surface area contributed by atoms with Crippen LogP contribution in [0.15, 0.2) is 15.6 Å². The molecule has 0 bridgehead atoms. The summed E-state index contributed by atoms with van der Waals surface area (Å²) in [6, 6.07) is 1.49. The van der Waals surface area contributed by atoms with E-state index < -0.39 is 16.0 Å². The summed E-state index contributed by atoms with van der Waals surface area (Å²) in [5.41, 5.74) is 0.147. The molecule has 1 aromatic rings. The van der Waals surface area contributed by atoms with Gasteiger partial charge in [-0.3, -0.25) is 4.90 Å². The summed E-state index contributed by atoms with van der Waals surface area (Å²) < 4.78 is 37.0. The van der Waals surface area contributed by atoms with Crippen LogP contribution in [-0.2, 0) is 14.8 Å². The van der Waals surface area contributed by atoms with Crippen molar-refractivity contribution in [2.45, 2.75) is 24.5 Å². The highest BCUT2D eigenvalue weighted by molar-refractivity contribution is 7.89. The lowest BCUT2D eigenvalue weighted by Gasteiger charge is -2.32. The Hall–Kier alpha value is -1.42. The Morgan fingerprint density at radius 3 is 2.71 bits per heavy atom. The fraction of sp³-hybridized carbons (Fsp3) is 0.667. The third-order valence-electron chi connectivity index (χ3n) is 4.69. The van der Waals surface area contributed by atoms with Gasteiger partial charge in [-0.1, -0.05) is 0 Å². The number of piperazine rings is 1. The molecule has 0 amide bonds. The van der Waals surface area contributed by atoms with Gasteiger partial charge in [0, 0.05) is 51.4 Å². The molecule has 0 aromatic carbocycles. The molecule has 1 aromatic heterocycles. The molecule has 1 atom stereocenters. The molecule has 1 unspecified atom stereocenters. The van der Waals surface area contributed by atoms with Gasteiger partial charge in [-0.05, 0) is 13.3 Å². The number of furan rings is 1.